The highest BCUT2D eigenvalue weighted by Gasteiger charge is 2.19. The molecule has 0 aromatic heterocycles. The first-order valence-electron chi connectivity index (χ1n) is 7.13. The van der Waals surface area contributed by atoms with Gasteiger partial charge in [-0.05, 0) is 18.9 Å². The zero-order valence-electron chi connectivity index (χ0n) is 12.3. The summed E-state index contributed by atoms with van der Waals surface area (Å²) in [6.07, 6.45) is 2.92. The minimum absolute atomic E-state index is 0.0494. The third kappa shape index (κ3) is 4.89. The second-order valence-electron chi connectivity index (χ2n) is 4.94. The molecule has 122 valence electrons. The molecular formula is C15H17N3O5. The maximum absolute atomic E-state index is 11.6. The van der Waals surface area contributed by atoms with Crippen molar-refractivity contribution in [1.82, 2.24) is 10.7 Å². The lowest BCUT2D eigenvalue weighted by Crippen LogP contribution is -2.41. The minimum atomic E-state index is -1.10. The standard InChI is InChI=1S/C15H17N3O5/c19-13(16-9-11-5-3-7-23-11)14(20)18-17-8-10-4-1-2-6-12(10)15(21)22/h1-2,4,6,8,11H,3,5,7,9H2,(H,16,19)(H,18,20)(H,21,22)/b17-8-/t11-/m0/s1. The van der Waals surface area contributed by atoms with Gasteiger partial charge in [0.25, 0.3) is 0 Å². The van der Waals surface area contributed by atoms with Crippen molar-refractivity contribution in [3.05, 3.63) is 35.4 Å². The van der Waals surface area contributed by atoms with Crippen LogP contribution in [0.1, 0.15) is 28.8 Å². The van der Waals surface area contributed by atoms with E-state index in [0.717, 1.165) is 12.8 Å². The summed E-state index contributed by atoms with van der Waals surface area (Å²) in [5, 5.41) is 15.1. The van der Waals surface area contributed by atoms with E-state index in [-0.39, 0.29) is 18.2 Å². The van der Waals surface area contributed by atoms with Crippen LogP contribution in [-0.4, -0.2) is 48.4 Å². The molecule has 0 radical (unpaired) electrons. The molecule has 1 aromatic rings. The van der Waals surface area contributed by atoms with Crippen LogP contribution in [0.15, 0.2) is 29.4 Å². The number of carbonyl (C=O) groups excluding carboxylic acids is 2. The Bertz CT molecular complexity index is 623. The molecule has 0 bridgehead atoms. The Morgan fingerprint density at radius 1 is 1.30 bits per heavy atom. The lowest BCUT2D eigenvalue weighted by molar-refractivity contribution is -0.139. The first-order chi connectivity index (χ1) is 11.1. The van der Waals surface area contributed by atoms with Crippen LogP contribution in [0.4, 0.5) is 0 Å². The SMILES string of the molecule is O=C(NC[C@@H]1CCCO1)C(=O)N/N=C\c1ccccc1C(=O)O. The van der Waals surface area contributed by atoms with E-state index in [4.69, 9.17) is 9.84 Å². The number of hydrogen-bond donors (Lipinski definition) is 3. The molecule has 1 aromatic carbocycles. The summed E-state index contributed by atoms with van der Waals surface area (Å²) in [5.74, 6) is -2.84. The van der Waals surface area contributed by atoms with Gasteiger partial charge in [-0.25, -0.2) is 10.2 Å². The summed E-state index contributed by atoms with van der Waals surface area (Å²) < 4.78 is 5.33. The van der Waals surface area contributed by atoms with Crippen molar-refractivity contribution in [2.45, 2.75) is 18.9 Å². The van der Waals surface area contributed by atoms with Crippen molar-refractivity contribution in [2.24, 2.45) is 5.10 Å². The molecule has 1 aliphatic heterocycles. The van der Waals surface area contributed by atoms with Gasteiger partial charge in [-0.1, -0.05) is 18.2 Å². The van der Waals surface area contributed by atoms with Crippen molar-refractivity contribution in [2.75, 3.05) is 13.2 Å². The first-order valence-corrected chi connectivity index (χ1v) is 7.13. The van der Waals surface area contributed by atoms with E-state index in [1.807, 2.05) is 0 Å². The number of carbonyl (C=O) groups is 3. The average Bonchev–Trinajstić information content (AvgIpc) is 3.06. The maximum Gasteiger partial charge on any atom is 0.336 e. The van der Waals surface area contributed by atoms with Crippen LogP contribution in [0, 0.1) is 0 Å². The van der Waals surface area contributed by atoms with Crippen LogP contribution in [0.5, 0.6) is 0 Å². The molecular weight excluding hydrogens is 302 g/mol. The zero-order valence-corrected chi connectivity index (χ0v) is 12.3. The Morgan fingerprint density at radius 2 is 2.09 bits per heavy atom. The summed E-state index contributed by atoms with van der Waals surface area (Å²) in [7, 11) is 0. The fourth-order valence-electron chi connectivity index (χ4n) is 2.11. The molecule has 2 amide bonds. The molecule has 1 heterocycles. The Morgan fingerprint density at radius 3 is 2.78 bits per heavy atom. The molecule has 1 aliphatic rings. The largest absolute Gasteiger partial charge is 0.478 e. The Kier molecular flexibility index (Phi) is 5.81. The Hall–Kier alpha value is -2.74. The average molecular weight is 319 g/mol. The fraction of sp³-hybridized carbons (Fsp3) is 0.333. The quantitative estimate of drug-likeness (QED) is 0.405. The topological polar surface area (TPSA) is 117 Å². The van der Waals surface area contributed by atoms with Gasteiger partial charge in [0.15, 0.2) is 0 Å². The molecule has 3 N–H and O–H groups in total. The van der Waals surface area contributed by atoms with Crippen molar-refractivity contribution >= 4 is 24.0 Å². The maximum atomic E-state index is 11.6. The van der Waals surface area contributed by atoms with E-state index >= 15 is 0 Å². The van der Waals surface area contributed by atoms with Crippen LogP contribution in [-0.2, 0) is 14.3 Å². The number of carboxylic acid groups (broad SMARTS) is 1. The van der Waals surface area contributed by atoms with Crippen LogP contribution in [0.2, 0.25) is 0 Å². The van der Waals surface area contributed by atoms with Crippen LogP contribution in [0.3, 0.4) is 0 Å². The Balaban J connectivity index is 1.83. The van der Waals surface area contributed by atoms with Gasteiger partial charge in [0.1, 0.15) is 0 Å². The highest BCUT2D eigenvalue weighted by molar-refractivity contribution is 6.35. The van der Waals surface area contributed by atoms with E-state index in [2.05, 4.69) is 15.8 Å². The number of carboxylic acids is 1. The molecule has 0 unspecified atom stereocenters. The molecule has 1 fully saturated rings. The fourth-order valence-corrected chi connectivity index (χ4v) is 2.11. The monoisotopic (exact) mass is 319 g/mol. The van der Waals surface area contributed by atoms with E-state index in [0.29, 0.717) is 12.2 Å². The summed E-state index contributed by atoms with van der Waals surface area (Å²) in [6.45, 7) is 0.942. The Labute approximate surface area is 132 Å². The summed E-state index contributed by atoms with van der Waals surface area (Å²) in [4.78, 5) is 34.1. The van der Waals surface area contributed by atoms with E-state index in [1.165, 1.54) is 18.3 Å². The highest BCUT2D eigenvalue weighted by Crippen LogP contribution is 2.10. The molecule has 1 saturated heterocycles. The van der Waals surface area contributed by atoms with E-state index in [9.17, 15) is 14.4 Å². The second kappa shape index (κ2) is 8.04. The minimum Gasteiger partial charge on any atom is -0.478 e. The summed E-state index contributed by atoms with van der Waals surface area (Å²) in [5.41, 5.74) is 2.43. The lowest BCUT2D eigenvalue weighted by atomic mass is 10.1. The molecule has 0 aliphatic carbocycles. The number of nitrogens with one attached hydrogen (secondary N) is 2. The van der Waals surface area contributed by atoms with Gasteiger partial charge >= 0.3 is 17.8 Å². The van der Waals surface area contributed by atoms with Crippen molar-refractivity contribution in [3.63, 3.8) is 0 Å². The molecule has 2 rings (SSSR count). The van der Waals surface area contributed by atoms with Crippen molar-refractivity contribution in [1.29, 1.82) is 0 Å². The number of aromatic carboxylic acids is 1. The van der Waals surface area contributed by atoms with E-state index < -0.39 is 17.8 Å². The molecule has 0 spiro atoms. The smallest absolute Gasteiger partial charge is 0.336 e. The van der Waals surface area contributed by atoms with Gasteiger partial charge in [-0.2, -0.15) is 5.10 Å². The zero-order chi connectivity index (χ0) is 16.7. The molecule has 8 heteroatoms. The molecule has 0 saturated carbocycles. The number of hydrazone groups is 1. The number of rotatable bonds is 5. The summed E-state index contributed by atoms with van der Waals surface area (Å²) in [6, 6.07) is 6.18. The van der Waals surface area contributed by atoms with Gasteiger partial charge in [0.2, 0.25) is 0 Å². The predicted octanol–water partition coefficient (Wildman–Crippen LogP) is 0.130. The number of benzene rings is 1. The van der Waals surface area contributed by atoms with E-state index in [1.54, 1.807) is 12.1 Å². The van der Waals surface area contributed by atoms with Gasteiger partial charge in [0, 0.05) is 18.7 Å². The first kappa shape index (κ1) is 16.6. The number of nitrogens with zero attached hydrogens (tertiary/aromatic N) is 1. The third-order valence-electron chi connectivity index (χ3n) is 3.28. The van der Waals surface area contributed by atoms with Crippen molar-refractivity contribution in [3.8, 4) is 0 Å². The normalized spacial score (nSPS) is 17.1. The van der Waals surface area contributed by atoms with Crippen LogP contribution < -0.4 is 10.7 Å². The molecule has 23 heavy (non-hydrogen) atoms. The van der Waals surface area contributed by atoms with Gasteiger partial charge in [-0.15, -0.1) is 0 Å². The molecule has 1 atom stereocenters. The lowest BCUT2D eigenvalue weighted by Gasteiger charge is -2.09. The number of ether oxygens (including phenoxy) is 1. The van der Waals surface area contributed by atoms with Gasteiger partial charge in [0.05, 0.1) is 17.9 Å². The number of hydrogen-bond acceptors (Lipinski definition) is 5. The van der Waals surface area contributed by atoms with Gasteiger partial charge < -0.3 is 15.2 Å². The number of amides is 2. The third-order valence-corrected chi connectivity index (χ3v) is 3.28. The van der Waals surface area contributed by atoms with Crippen LogP contribution in [0.25, 0.3) is 0 Å². The van der Waals surface area contributed by atoms with Crippen LogP contribution >= 0.6 is 0 Å². The predicted molar refractivity (Wildman–Crippen MR) is 81.1 cm³/mol. The molecule has 8 nitrogen and oxygen atoms in total. The second-order valence-corrected chi connectivity index (χ2v) is 4.94. The van der Waals surface area contributed by atoms with Gasteiger partial charge in [-0.3, -0.25) is 9.59 Å². The highest BCUT2D eigenvalue weighted by atomic mass is 16.5. The van der Waals surface area contributed by atoms with Crippen molar-refractivity contribution < 1.29 is 24.2 Å². The summed E-state index contributed by atoms with van der Waals surface area (Å²) >= 11 is 0.